The molecule has 0 aliphatic rings. The van der Waals surface area contributed by atoms with E-state index in [1.165, 1.54) is 31.4 Å². The van der Waals surface area contributed by atoms with E-state index in [0.717, 1.165) is 9.78 Å². The highest BCUT2D eigenvalue weighted by Gasteiger charge is 2.19. The molecule has 0 aliphatic heterocycles. The number of carboxylic acid groups (broad SMARTS) is 1. The number of likely N-dealkylation sites (N-methyl/N-ethyl adjacent to an activating group) is 1. The summed E-state index contributed by atoms with van der Waals surface area (Å²) >= 11 is 7.09. The second-order valence-corrected chi connectivity index (χ2v) is 5.19. The molecule has 6 heteroatoms. The van der Waals surface area contributed by atoms with Gasteiger partial charge in [-0.25, -0.2) is 4.79 Å². The second kappa shape index (κ2) is 5.84. The molecule has 0 aliphatic carbocycles. The molecule has 92 valence electrons. The molecule has 1 amide bonds. The minimum atomic E-state index is -1.03. The summed E-state index contributed by atoms with van der Waals surface area (Å²) < 4.78 is 0.643. The number of halogens is 1. The molecule has 1 heterocycles. The van der Waals surface area contributed by atoms with Crippen LogP contribution in [0.4, 0.5) is 0 Å². The summed E-state index contributed by atoms with van der Waals surface area (Å²) in [4.78, 5) is 24.3. The first-order valence-corrected chi connectivity index (χ1v) is 6.04. The number of hydrogen-bond donors (Lipinski definition) is 1. The van der Waals surface area contributed by atoms with Gasteiger partial charge in [0.2, 0.25) is 5.91 Å². The van der Waals surface area contributed by atoms with Crippen LogP contribution in [0.25, 0.3) is 6.08 Å². The average Bonchev–Trinajstić information content (AvgIpc) is 2.69. The van der Waals surface area contributed by atoms with Crippen molar-refractivity contribution in [1.82, 2.24) is 4.90 Å². The van der Waals surface area contributed by atoms with Crippen LogP contribution in [0.3, 0.4) is 0 Å². The Morgan fingerprint density at radius 2 is 2.18 bits per heavy atom. The quantitative estimate of drug-likeness (QED) is 0.857. The van der Waals surface area contributed by atoms with Crippen LogP contribution in [0.15, 0.2) is 18.2 Å². The summed E-state index contributed by atoms with van der Waals surface area (Å²) in [5.74, 6) is -1.39. The van der Waals surface area contributed by atoms with Gasteiger partial charge in [-0.05, 0) is 25.1 Å². The van der Waals surface area contributed by atoms with Gasteiger partial charge in [-0.15, -0.1) is 11.3 Å². The van der Waals surface area contributed by atoms with Gasteiger partial charge >= 0.3 is 5.97 Å². The summed E-state index contributed by atoms with van der Waals surface area (Å²) in [6.07, 6.45) is 2.95. The van der Waals surface area contributed by atoms with E-state index in [-0.39, 0.29) is 5.91 Å². The SMILES string of the molecule is CC(C(=O)O)N(C)C(=O)C=Cc1ccc(Cl)s1. The van der Waals surface area contributed by atoms with E-state index >= 15 is 0 Å². The number of thiophene rings is 1. The van der Waals surface area contributed by atoms with E-state index < -0.39 is 12.0 Å². The number of carboxylic acids is 1. The molecule has 1 rings (SSSR count). The molecule has 0 saturated carbocycles. The van der Waals surface area contributed by atoms with Crippen LogP contribution >= 0.6 is 22.9 Å². The van der Waals surface area contributed by atoms with Crippen molar-refractivity contribution in [2.24, 2.45) is 0 Å². The lowest BCUT2D eigenvalue weighted by Gasteiger charge is -2.19. The van der Waals surface area contributed by atoms with Gasteiger partial charge in [-0.3, -0.25) is 4.79 Å². The minimum absolute atomic E-state index is 0.357. The summed E-state index contributed by atoms with van der Waals surface area (Å²) in [6.45, 7) is 1.45. The van der Waals surface area contributed by atoms with Crippen molar-refractivity contribution in [1.29, 1.82) is 0 Å². The average molecular weight is 274 g/mol. The topological polar surface area (TPSA) is 57.6 Å². The van der Waals surface area contributed by atoms with Crippen molar-refractivity contribution < 1.29 is 14.7 Å². The first kappa shape index (κ1) is 13.7. The Morgan fingerprint density at radius 3 is 2.65 bits per heavy atom. The molecule has 0 bridgehead atoms. The molecular weight excluding hydrogens is 262 g/mol. The Kier molecular flexibility index (Phi) is 4.72. The Morgan fingerprint density at radius 1 is 1.53 bits per heavy atom. The number of rotatable bonds is 4. The van der Waals surface area contributed by atoms with Crippen LogP contribution in [0.1, 0.15) is 11.8 Å². The highest BCUT2D eigenvalue weighted by molar-refractivity contribution is 7.17. The van der Waals surface area contributed by atoms with Gasteiger partial charge in [0.15, 0.2) is 0 Å². The molecule has 1 atom stereocenters. The molecule has 0 spiro atoms. The largest absolute Gasteiger partial charge is 0.480 e. The van der Waals surface area contributed by atoms with Gasteiger partial charge < -0.3 is 10.0 Å². The maximum absolute atomic E-state index is 11.6. The highest BCUT2D eigenvalue weighted by atomic mass is 35.5. The van der Waals surface area contributed by atoms with Crippen molar-refractivity contribution in [3.8, 4) is 0 Å². The molecule has 0 fully saturated rings. The van der Waals surface area contributed by atoms with Gasteiger partial charge in [-0.2, -0.15) is 0 Å². The molecule has 0 aromatic carbocycles. The number of nitrogens with zero attached hydrogens (tertiary/aromatic N) is 1. The van der Waals surface area contributed by atoms with Crippen molar-refractivity contribution in [3.63, 3.8) is 0 Å². The first-order chi connectivity index (χ1) is 7.91. The summed E-state index contributed by atoms with van der Waals surface area (Å²) in [5.41, 5.74) is 0. The first-order valence-electron chi connectivity index (χ1n) is 4.85. The van der Waals surface area contributed by atoms with Gasteiger partial charge in [-0.1, -0.05) is 11.6 Å². The van der Waals surface area contributed by atoms with Gasteiger partial charge in [0.05, 0.1) is 4.34 Å². The zero-order chi connectivity index (χ0) is 13.0. The van der Waals surface area contributed by atoms with Crippen molar-refractivity contribution in [2.45, 2.75) is 13.0 Å². The lowest BCUT2D eigenvalue weighted by Crippen LogP contribution is -2.39. The Bertz CT molecular complexity index is 455. The number of hydrogen-bond acceptors (Lipinski definition) is 3. The lowest BCUT2D eigenvalue weighted by molar-refractivity contribution is -0.146. The van der Waals surface area contributed by atoms with E-state index in [1.807, 2.05) is 0 Å². The Hall–Kier alpha value is -1.33. The van der Waals surface area contributed by atoms with E-state index in [4.69, 9.17) is 16.7 Å². The molecule has 1 aromatic heterocycles. The molecular formula is C11H12ClNO3S. The zero-order valence-corrected chi connectivity index (χ0v) is 11.0. The summed E-state index contributed by atoms with van der Waals surface area (Å²) in [6, 6.07) is 2.68. The standard InChI is InChI=1S/C11H12ClNO3S/c1-7(11(15)16)13(2)10(14)6-4-8-3-5-9(12)17-8/h3-7H,1-2H3,(H,15,16). The Labute approximate surface area is 108 Å². The number of carbonyl (C=O) groups excluding carboxylic acids is 1. The van der Waals surface area contributed by atoms with Crippen LogP contribution in [-0.4, -0.2) is 35.0 Å². The normalized spacial score (nSPS) is 12.6. The van der Waals surface area contributed by atoms with E-state index in [1.54, 1.807) is 18.2 Å². The molecule has 0 radical (unpaired) electrons. The maximum atomic E-state index is 11.6. The van der Waals surface area contributed by atoms with Crippen LogP contribution < -0.4 is 0 Å². The zero-order valence-electron chi connectivity index (χ0n) is 9.38. The third-order valence-corrected chi connectivity index (χ3v) is 3.47. The Balaban J connectivity index is 2.66. The fraction of sp³-hybridized carbons (Fsp3) is 0.273. The molecule has 4 nitrogen and oxygen atoms in total. The van der Waals surface area contributed by atoms with Crippen molar-refractivity contribution in [3.05, 3.63) is 27.4 Å². The molecule has 0 saturated heterocycles. The molecule has 1 N–H and O–H groups in total. The minimum Gasteiger partial charge on any atom is -0.480 e. The summed E-state index contributed by atoms with van der Waals surface area (Å²) in [7, 11) is 1.45. The van der Waals surface area contributed by atoms with E-state index in [2.05, 4.69) is 0 Å². The van der Waals surface area contributed by atoms with Crippen molar-refractivity contribution in [2.75, 3.05) is 7.05 Å². The van der Waals surface area contributed by atoms with Gasteiger partial charge in [0, 0.05) is 18.0 Å². The molecule has 17 heavy (non-hydrogen) atoms. The third-order valence-electron chi connectivity index (χ3n) is 2.27. The second-order valence-electron chi connectivity index (χ2n) is 3.44. The number of amides is 1. The number of carbonyl (C=O) groups is 2. The predicted octanol–water partition coefficient (Wildman–Crippen LogP) is 2.35. The lowest BCUT2D eigenvalue weighted by atomic mass is 10.3. The number of aliphatic carboxylic acids is 1. The summed E-state index contributed by atoms with van der Waals surface area (Å²) in [5, 5.41) is 8.76. The van der Waals surface area contributed by atoms with E-state index in [9.17, 15) is 9.59 Å². The molecule has 1 aromatic rings. The molecule has 1 unspecified atom stereocenters. The van der Waals surface area contributed by atoms with Gasteiger partial charge in [0.1, 0.15) is 6.04 Å². The maximum Gasteiger partial charge on any atom is 0.326 e. The van der Waals surface area contributed by atoms with Crippen LogP contribution in [0, 0.1) is 0 Å². The van der Waals surface area contributed by atoms with Gasteiger partial charge in [0.25, 0.3) is 0 Å². The predicted molar refractivity (Wildman–Crippen MR) is 68.2 cm³/mol. The smallest absolute Gasteiger partial charge is 0.326 e. The third kappa shape index (κ3) is 3.87. The monoisotopic (exact) mass is 273 g/mol. The van der Waals surface area contributed by atoms with Crippen LogP contribution in [0.2, 0.25) is 4.34 Å². The fourth-order valence-electron chi connectivity index (χ4n) is 1.05. The van der Waals surface area contributed by atoms with Crippen molar-refractivity contribution >= 4 is 40.9 Å². The fourth-order valence-corrected chi connectivity index (χ4v) is 2.01. The van der Waals surface area contributed by atoms with E-state index in [0.29, 0.717) is 4.34 Å². The highest BCUT2D eigenvalue weighted by Crippen LogP contribution is 2.22. The van der Waals surface area contributed by atoms with Crippen LogP contribution in [-0.2, 0) is 9.59 Å². The van der Waals surface area contributed by atoms with Crippen LogP contribution in [0.5, 0.6) is 0 Å².